The smallest absolute Gasteiger partial charge is 0.245 e. The number of nitrogens with one attached hydrogen (secondary N) is 2. The van der Waals surface area contributed by atoms with Crippen LogP contribution in [0.5, 0.6) is 0 Å². The first kappa shape index (κ1) is 16.7. The van der Waals surface area contributed by atoms with E-state index in [0.717, 1.165) is 12.0 Å². The van der Waals surface area contributed by atoms with Gasteiger partial charge in [0.05, 0.1) is 6.54 Å². The maximum atomic E-state index is 11.8. The number of carbonyl (C=O) groups is 2. The fourth-order valence-electron chi connectivity index (χ4n) is 2.08. The predicted octanol–water partition coefficient (Wildman–Crippen LogP) is 2.23. The fraction of sp³-hybridized carbons (Fsp3) is 0.353. The molecule has 0 spiro atoms. The molecule has 1 aromatic carbocycles. The monoisotopic (exact) mass is 315 g/mol. The Labute approximate surface area is 135 Å². The van der Waals surface area contributed by atoms with Crippen molar-refractivity contribution in [2.45, 2.75) is 33.1 Å². The normalized spacial score (nSPS) is 10.3. The summed E-state index contributed by atoms with van der Waals surface area (Å²) in [7, 11) is 0. The van der Waals surface area contributed by atoms with Crippen LogP contribution in [0.25, 0.3) is 0 Å². The van der Waals surface area contributed by atoms with Gasteiger partial charge in [-0.2, -0.15) is 0 Å². The maximum absolute atomic E-state index is 11.8. The van der Waals surface area contributed by atoms with Crippen LogP contribution in [0.4, 0.5) is 5.82 Å². The number of anilines is 1. The Balaban J connectivity index is 1.68. The first-order valence-electron chi connectivity index (χ1n) is 7.64. The lowest BCUT2D eigenvalue weighted by atomic mass is 10.1. The minimum atomic E-state index is -0.334. The van der Waals surface area contributed by atoms with Crippen molar-refractivity contribution >= 4 is 17.6 Å². The van der Waals surface area contributed by atoms with Crippen LogP contribution in [0.2, 0.25) is 0 Å². The molecule has 122 valence electrons. The van der Waals surface area contributed by atoms with Gasteiger partial charge in [-0.15, -0.1) is 0 Å². The van der Waals surface area contributed by atoms with Gasteiger partial charge in [0.15, 0.2) is 5.82 Å². The molecule has 2 N–H and O–H groups in total. The van der Waals surface area contributed by atoms with Gasteiger partial charge < -0.3 is 15.2 Å². The summed E-state index contributed by atoms with van der Waals surface area (Å²) < 4.78 is 4.84. The molecule has 0 saturated heterocycles. The summed E-state index contributed by atoms with van der Waals surface area (Å²) in [5, 5.41) is 8.79. The van der Waals surface area contributed by atoms with Crippen molar-refractivity contribution < 1.29 is 14.1 Å². The van der Waals surface area contributed by atoms with Crippen molar-refractivity contribution in [3.8, 4) is 0 Å². The van der Waals surface area contributed by atoms with Crippen LogP contribution in [-0.4, -0.2) is 23.5 Å². The van der Waals surface area contributed by atoms with Crippen LogP contribution in [-0.2, 0) is 22.4 Å². The first-order valence-corrected chi connectivity index (χ1v) is 7.64. The van der Waals surface area contributed by atoms with Crippen molar-refractivity contribution in [1.82, 2.24) is 10.5 Å². The van der Waals surface area contributed by atoms with Crippen molar-refractivity contribution in [2.75, 3.05) is 11.9 Å². The van der Waals surface area contributed by atoms with Crippen LogP contribution < -0.4 is 10.6 Å². The maximum Gasteiger partial charge on any atom is 0.245 e. The number of hydrogen-bond donors (Lipinski definition) is 2. The molecule has 0 atom stereocenters. The Hall–Kier alpha value is -2.63. The zero-order valence-electron chi connectivity index (χ0n) is 13.4. The highest BCUT2D eigenvalue weighted by Gasteiger charge is 2.08. The molecule has 0 bridgehead atoms. The average Bonchev–Trinajstić information content (AvgIpc) is 2.96. The lowest BCUT2D eigenvalue weighted by Crippen LogP contribution is -2.33. The first-order chi connectivity index (χ1) is 11.1. The number of aromatic nitrogens is 1. The molecule has 0 saturated carbocycles. The van der Waals surface area contributed by atoms with Gasteiger partial charge in [-0.1, -0.05) is 36.3 Å². The van der Waals surface area contributed by atoms with Gasteiger partial charge in [0.1, 0.15) is 5.76 Å². The molecule has 0 aliphatic rings. The van der Waals surface area contributed by atoms with E-state index in [1.807, 2.05) is 12.1 Å². The van der Waals surface area contributed by atoms with E-state index < -0.39 is 0 Å². The van der Waals surface area contributed by atoms with E-state index in [4.69, 9.17) is 4.52 Å². The Morgan fingerprint density at radius 2 is 1.83 bits per heavy atom. The van der Waals surface area contributed by atoms with Crippen LogP contribution in [0.3, 0.4) is 0 Å². The highest BCUT2D eigenvalue weighted by atomic mass is 16.5. The molecule has 1 heterocycles. The molecular formula is C17H21N3O3. The van der Waals surface area contributed by atoms with E-state index in [0.29, 0.717) is 24.4 Å². The summed E-state index contributed by atoms with van der Waals surface area (Å²) in [6.45, 7) is 3.75. The van der Waals surface area contributed by atoms with Gasteiger partial charge in [0.2, 0.25) is 11.8 Å². The fourth-order valence-corrected chi connectivity index (χ4v) is 2.08. The van der Waals surface area contributed by atoms with Gasteiger partial charge in [-0.05, 0) is 30.9 Å². The van der Waals surface area contributed by atoms with E-state index in [1.165, 1.54) is 5.56 Å². The Morgan fingerprint density at radius 1 is 1.13 bits per heavy atom. The van der Waals surface area contributed by atoms with Gasteiger partial charge in [0, 0.05) is 12.5 Å². The summed E-state index contributed by atoms with van der Waals surface area (Å²) >= 11 is 0. The second kappa shape index (κ2) is 8.12. The molecule has 6 heteroatoms. The summed E-state index contributed by atoms with van der Waals surface area (Å²) in [6.07, 6.45) is 2.00. The van der Waals surface area contributed by atoms with Crippen LogP contribution >= 0.6 is 0 Å². The number of rotatable bonds is 7. The quantitative estimate of drug-likeness (QED) is 0.820. The molecular weight excluding hydrogens is 294 g/mol. The van der Waals surface area contributed by atoms with Gasteiger partial charge in [-0.3, -0.25) is 9.59 Å². The lowest BCUT2D eigenvalue weighted by Gasteiger charge is -2.05. The molecule has 6 nitrogen and oxygen atoms in total. The van der Waals surface area contributed by atoms with E-state index in [2.05, 4.69) is 34.8 Å². The molecule has 2 amide bonds. The summed E-state index contributed by atoms with van der Waals surface area (Å²) in [6, 6.07) is 9.82. The van der Waals surface area contributed by atoms with E-state index >= 15 is 0 Å². The second-order valence-electron chi connectivity index (χ2n) is 5.32. The summed E-state index contributed by atoms with van der Waals surface area (Å²) in [4.78, 5) is 23.4. The number of benzene rings is 1. The van der Waals surface area contributed by atoms with Crippen LogP contribution in [0.1, 0.15) is 30.2 Å². The third-order valence-corrected chi connectivity index (χ3v) is 3.41. The van der Waals surface area contributed by atoms with Gasteiger partial charge in [0.25, 0.3) is 0 Å². The number of nitrogens with zero attached hydrogens (tertiary/aromatic N) is 1. The summed E-state index contributed by atoms with van der Waals surface area (Å²) in [5.41, 5.74) is 2.39. The largest absolute Gasteiger partial charge is 0.360 e. The van der Waals surface area contributed by atoms with E-state index in [9.17, 15) is 9.59 Å². The number of hydrogen-bond acceptors (Lipinski definition) is 4. The minimum absolute atomic E-state index is 0.0838. The third-order valence-electron chi connectivity index (χ3n) is 3.41. The van der Waals surface area contributed by atoms with E-state index in [-0.39, 0.29) is 18.4 Å². The molecule has 2 rings (SSSR count). The molecule has 0 aliphatic heterocycles. The SMILES string of the molecule is CCc1ccc(CCC(=O)NCC(=O)Nc2cc(C)on2)cc1. The third kappa shape index (κ3) is 5.58. The predicted molar refractivity (Wildman–Crippen MR) is 87.0 cm³/mol. The zero-order valence-corrected chi connectivity index (χ0v) is 13.4. The van der Waals surface area contributed by atoms with E-state index in [1.54, 1.807) is 13.0 Å². The van der Waals surface area contributed by atoms with Gasteiger partial charge in [-0.25, -0.2) is 0 Å². The molecule has 0 radical (unpaired) electrons. The van der Waals surface area contributed by atoms with Crippen molar-refractivity contribution in [1.29, 1.82) is 0 Å². The second-order valence-corrected chi connectivity index (χ2v) is 5.32. The Kier molecular flexibility index (Phi) is 5.91. The molecule has 2 aromatic rings. The van der Waals surface area contributed by atoms with Crippen LogP contribution in [0, 0.1) is 6.92 Å². The lowest BCUT2D eigenvalue weighted by molar-refractivity contribution is -0.124. The molecule has 1 aromatic heterocycles. The molecule has 0 aliphatic carbocycles. The number of amides is 2. The van der Waals surface area contributed by atoms with Crippen molar-refractivity contribution in [3.63, 3.8) is 0 Å². The number of aryl methyl sites for hydroxylation is 3. The average molecular weight is 315 g/mol. The van der Waals surface area contributed by atoms with Gasteiger partial charge >= 0.3 is 0 Å². The standard InChI is InChI=1S/C17H21N3O3/c1-3-13-4-6-14(7-5-13)8-9-16(21)18-11-17(22)19-15-10-12(2)23-20-15/h4-7,10H,3,8-9,11H2,1-2H3,(H,18,21)(H,19,20,22). The highest BCUT2D eigenvalue weighted by Crippen LogP contribution is 2.08. The topological polar surface area (TPSA) is 84.2 Å². The Morgan fingerprint density at radius 3 is 2.43 bits per heavy atom. The summed E-state index contributed by atoms with van der Waals surface area (Å²) in [5.74, 6) is 0.464. The molecule has 23 heavy (non-hydrogen) atoms. The molecule has 0 fully saturated rings. The minimum Gasteiger partial charge on any atom is -0.360 e. The highest BCUT2D eigenvalue weighted by molar-refractivity contribution is 5.93. The van der Waals surface area contributed by atoms with Crippen LogP contribution in [0.15, 0.2) is 34.9 Å². The zero-order chi connectivity index (χ0) is 16.7. The van der Waals surface area contributed by atoms with Crippen molar-refractivity contribution in [3.05, 3.63) is 47.2 Å². The molecule has 0 unspecified atom stereocenters. The van der Waals surface area contributed by atoms with Crippen molar-refractivity contribution in [2.24, 2.45) is 0 Å². The Bertz CT molecular complexity index is 662. The number of carbonyl (C=O) groups excluding carboxylic acids is 2.